The summed E-state index contributed by atoms with van der Waals surface area (Å²) in [6, 6.07) is 7.30. The van der Waals surface area contributed by atoms with Crippen LogP contribution in [0.15, 0.2) is 35.7 Å². The standard InChI is InChI=1S/C11H12ClN3O2S2/c1-19(16,17)6-5-18-11-14-13-8-15(11)10-4-2-3-9(12)7-10/h2-4,7-8H,5-6H2,1H3. The Morgan fingerprint density at radius 2 is 2.21 bits per heavy atom. The molecule has 0 unspecified atom stereocenters. The third kappa shape index (κ3) is 4.22. The van der Waals surface area contributed by atoms with Crippen molar-refractivity contribution in [2.24, 2.45) is 0 Å². The second kappa shape index (κ2) is 5.94. The fourth-order valence-electron chi connectivity index (χ4n) is 1.41. The van der Waals surface area contributed by atoms with E-state index in [1.54, 1.807) is 23.0 Å². The highest BCUT2D eigenvalue weighted by Gasteiger charge is 2.09. The Morgan fingerprint density at radius 3 is 2.89 bits per heavy atom. The lowest BCUT2D eigenvalue weighted by Gasteiger charge is -2.06. The summed E-state index contributed by atoms with van der Waals surface area (Å²) in [6.45, 7) is 0. The summed E-state index contributed by atoms with van der Waals surface area (Å²) >= 11 is 7.29. The van der Waals surface area contributed by atoms with Crippen molar-refractivity contribution >= 4 is 33.2 Å². The van der Waals surface area contributed by atoms with Crippen molar-refractivity contribution in [2.45, 2.75) is 5.16 Å². The molecule has 0 fully saturated rings. The average molecular weight is 318 g/mol. The van der Waals surface area contributed by atoms with Crippen LogP contribution in [-0.2, 0) is 9.84 Å². The summed E-state index contributed by atoms with van der Waals surface area (Å²) < 4.78 is 23.9. The minimum atomic E-state index is -2.96. The van der Waals surface area contributed by atoms with E-state index in [1.165, 1.54) is 18.0 Å². The second-order valence-electron chi connectivity index (χ2n) is 3.94. The molecule has 102 valence electrons. The van der Waals surface area contributed by atoms with Crippen molar-refractivity contribution in [2.75, 3.05) is 17.8 Å². The molecule has 0 bridgehead atoms. The Bertz CT molecular complexity index is 670. The van der Waals surface area contributed by atoms with E-state index in [9.17, 15) is 8.42 Å². The van der Waals surface area contributed by atoms with Crippen molar-refractivity contribution in [1.29, 1.82) is 0 Å². The fourth-order valence-corrected chi connectivity index (χ4v) is 3.72. The first-order chi connectivity index (χ1) is 8.96. The van der Waals surface area contributed by atoms with E-state index >= 15 is 0 Å². The van der Waals surface area contributed by atoms with Gasteiger partial charge in [0.25, 0.3) is 0 Å². The van der Waals surface area contributed by atoms with Gasteiger partial charge in [0.2, 0.25) is 0 Å². The number of hydrogen-bond donors (Lipinski definition) is 0. The van der Waals surface area contributed by atoms with Crippen molar-refractivity contribution in [3.8, 4) is 5.69 Å². The van der Waals surface area contributed by atoms with Crippen molar-refractivity contribution in [1.82, 2.24) is 14.8 Å². The average Bonchev–Trinajstić information content (AvgIpc) is 2.75. The molecule has 8 heteroatoms. The summed E-state index contributed by atoms with van der Waals surface area (Å²) in [5, 5.41) is 9.09. The number of nitrogens with zero attached hydrogens (tertiary/aromatic N) is 3. The second-order valence-corrected chi connectivity index (χ2v) is 7.70. The number of benzene rings is 1. The van der Waals surface area contributed by atoms with Gasteiger partial charge < -0.3 is 0 Å². The summed E-state index contributed by atoms with van der Waals surface area (Å²) in [4.78, 5) is 0. The van der Waals surface area contributed by atoms with Crippen LogP contribution in [0.1, 0.15) is 0 Å². The van der Waals surface area contributed by atoms with Crippen LogP contribution in [0.2, 0.25) is 5.02 Å². The van der Waals surface area contributed by atoms with Crippen LogP contribution in [0.25, 0.3) is 5.69 Å². The first-order valence-corrected chi connectivity index (χ1v) is 8.84. The van der Waals surface area contributed by atoms with Gasteiger partial charge in [-0.15, -0.1) is 10.2 Å². The van der Waals surface area contributed by atoms with E-state index < -0.39 is 9.84 Å². The van der Waals surface area contributed by atoms with Crippen LogP contribution < -0.4 is 0 Å². The third-order valence-electron chi connectivity index (χ3n) is 2.29. The Balaban J connectivity index is 2.14. The van der Waals surface area contributed by atoms with Gasteiger partial charge in [0.15, 0.2) is 5.16 Å². The predicted molar refractivity (Wildman–Crippen MR) is 76.8 cm³/mol. The molecule has 0 aliphatic rings. The quantitative estimate of drug-likeness (QED) is 0.790. The number of hydrogen-bond acceptors (Lipinski definition) is 5. The summed E-state index contributed by atoms with van der Waals surface area (Å²) in [5.41, 5.74) is 0.847. The van der Waals surface area contributed by atoms with Crippen LogP contribution in [0, 0.1) is 0 Å². The number of thioether (sulfide) groups is 1. The first-order valence-electron chi connectivity index (χ1n) is 5.42. The van der Waals surface area contributed by atoms with Gasteiger partial charge in [0.05, 0.1) is 11.4 Å². The van der Waals surface area contributed by atoms with E-state index in [2.05, 4.69) is 10.2 Å². The smallest absolute Gasteiger partial charge is 0.195 e. The topological polar surface area (TPSA) is 64.8 Å². The molecule has 0 spiro atoms. The number of halogens is 1. The van der Waals surface area contributed by atoms with Gasteiger partial charge in [0.1, 0.15) is 16.2 Å². The lowest BCUT2D eigenvalue weighted by atomic mass is 10.3. The zero-order valence-corrected chi connectivity index (χ0v) is 12.5. The molecule has 0 aliphatic carbocycles. The molecule has 0 N–H and O–H groups in total. The van der Waals surface area contributed by atoms with Crippen molar-refractivity contribution < 1.29 is 8.42 Å². The molecule has 19 heavy (non-hydrogen) atoms. The van der Waals surface area contributed by atoms with Gasteiger partial charge in [-0.3, -0.25) is 4.57 Å². The number of aromatic nitrogens is 3. The molecule has 2 rings (SSSR count). The maximum absolute atomic E-state index is 11.1. The molecule has 0 atom stereocenters. The molecule has 0 saturated carbocycles. The summed E-state index contributed by atoms with van der Waals surface area (Å²) in [5.74, 6) is 0.554. The van der Waals surface area contributed by atoms with Gasteiger partial charge in [-0.1, -0.05) is 29.4 Å². The maximum atomic E-state index is 11.1. The minimum Gasteiger partial charge on any atom is -0.277 e. The highest BCUT2D eigenvalue weighted by atomic mass is 35.5. The minimum absolute atomic E-state index is 0.111. The number of rotatable bonds is 5. The Labute approximate surface area is 120 Å². The van der Waals surface area contributed by atoms with Crippen LogP contribution in [-0.4, -0.2) is 40.9 Å². The predicted octanol–water partition coefficient (Wildman–Crippen LogP) is 2.06. The molecule has 1 aromatic carbocycles. The van der Waals surface area contributed by atoms with E-state index in [-0.39, 0.29) is 5.75 Å². The maximum Gasteiger partial charge on any atom is 0.195 e. The molecule has 5 nitrogen and oxygen atoms in total. The van der Waals surface area contributed by atoms with Gasteiger partial charge in [0, 0.05) is 17.0 Å². The van der Waals surface area contributed by atoms with Crippen molar-refractivity contribution in [3.05, 3.63) is 35.6 Å². The Morgan fingerprint density at radius 1 is 1.42 bits per heavy atom. The van der Waals surface area contributed by atoms with Gasteiger partial charge in [-0.2, -0.15) is 0 Å². The summed E-state index contributed by atoms with van der Waals surface area (Å²) in [7, 11) is -2.96. The van der Waals surface area contributed by atoms with Crippen LogP contribution in [0.3, 0.4) is 0 Å². The molecule has 0 aliphatic heterocycles. The van der Waals surface area contributed by atoms with E-state index in [4.69, 9.17) is 11.6 Å². The molecular weight excluding hydrogens is 306 g/mol. The molecule has 0 amide bonds. The van der Waals surface area contributed by atoms with Crippen LogP contribution in [0.4, 0.5) is 0 Å². The van der Waals surface area contributed by atoms with Crippen LogP contribution >= 0.6 is 23.4 Å². The monoisotopic (exact) mass is 317 g/mol. The van der Waals surface area contributed by atoms with Gasteiger partial charge in [-0.05, 0) is 18.2 Å². The van der Waals surface area contributed by atoms with E-state index in [0.29, 0.717) is 15.9 Å². The Hall–Kier alpha value is -1.05. The van der Waals surface area contributed by atoms with Gasteiger partial charge in [-0.25, -0.2) is 8.42 Å². The fraction of sp³-hybridized carbons (Fsp3) is 0.273. The molecule has 1 heterocycles. The first kappa shape index (κ1) is 14.4. The molecule has 0 saturated heterocycles. The highest BCUT2D eigenvalue weighted by molar-refractivity contribution is 8.00. The normalized spacial score (nSPS) is 11.7. The molecule has 2 aromatic rings. The zero-order chi connectivity index (χ0) is 13.9. The third-order valence-corrected chi connectivity index (χ3v) is 4.67. The number of sulfone groups is 1. The lowest BCUT2D eigenvalue weighted by Crippen LogP contribution is -2.06. The van der Waals surface area contributed by atoms with E-state index in [1.807, 2.05) is 12.1 Å². The SMILES string of the molecule is CS(=O)(=O)CCSc1nncn1-c1cccc(Cl)c1. The van der Waals surface area contributed by atoms with E-state index in [0.717, 1.165) is 5.69 Å². The highest BCUT2D eigenvalue weighted by Crippen LogP contribution is 2.21. The lowest BCUT2D eigenvalue weighted by molar-refractivity contribution is 0.603. The largest absolute Gasteiger partial charge is 0.277 e. The Kier molecular flexibility index (Phi) is 4.49. The molecule has 1 aromatic heterocycles. The summed E-state index contributed by atoms with van der Waals surface area (Å²) in [6.07, 6.45) is 2.80. The molecule has 0 radical (unpaired) electrons. The van der Waals surface area contributed by atoms with Gasteiger partial charge >= 0.3 is 0 Å². The molecular formula is C11H12ClN3O2S2. The zero-order valence-electron chi connectivity index (χ0n) is 10.2. The van der Waals surface area contributed by atoms with Crippen molar-refractivity contribution in [3.63, 3.8) is 0 Å². The van der Waals surface area contributed by atoms with Crippen LogP contribution in [0.5, 0.6) is 0 Å².